The van der Waals surface area contributed by atoms with Gasteiger partial charge in [0, 0.05) is 6.42 Å². The summed E-state index contributed by atoms with van der Waals surface area (Å²) in [4.78, 5) is 13.1. The first-order valence-corrected chi connectivity index (χ1v) is 34.4. The lowest BCUT2D eigenvalue weighted by atomic mass is 9.99. The van der Waals surface area contributed by atoms with Crippen LogP contribution in [0.2, 0.25) is 0 Å². The first kappa shape index (κ1) is 73.9. The lowest BCUT2D eigenvalue weighted by Gasteiger charge is -2.41. The van der Waals surface area contributed by atoms with Crippen molar-refractivity contribution < 1.29 is 51.8 Å². The number of ether oxygens (including phenoxy) is 2. The molecule has 458 valence electrons. The summed E-state index contributed by atoms with van der Waals surface area (Å²) in [6.45, 7) is 3.43. The third kappa shape index (κ3) is 46.1. The molecule has 1 aliphatic rings. The number of rotatable bonds is 59. The minimum atomic E-state index is -5.09. The maximum absolute atomic E-state index is 13.1. The van der Waals surface area contributed by atoms with E-state index in [1.165, 1.54) is 270 Å². The van der Waals surface area contributed by atoms with Gasteiger partial charge in [-0.2, -0.15) is 8.42 Å². The monoisotopic (exact) mass is 1120 g/mol. The molecule has 1 amide bonds. The van der Waals surface area contributed by atoms with E-state index in [1.54, 1.807) is 6.08 Å². The minimum Gasteiger partial charge on any atom is -0.394 e. The van der Waals surface area contributed by atoms with Crippen LogP contribution < -0.4 is 5.32 Å². The van der Waals surface area contributed by atoms with Crippen LogP contribution >= 0.6 is 0 Å². The molecule has 0 aromatic carbocycles. The van der Waals surface area contributed by atoms with Crippen molar-refractivity contribution >= 4 is 16.3 Å². The number of amides is 1. The van der Waals surface area contributed by atoms with Gasteiger partial charge in [0.1, 0.15) is 24.4 Å². The largest absolute Gasteiger partial charge is 0.397 e. The van der Waals surface area contributed by atoms with Crippen molar-refractivity contribution in [3.8, 4) is 0 Å². The van der Waals surface area contributed by atoms with Gasteiger partial charge in [-0.05, 0) is 19.3 Å². The summed E-state index contributed by atoms with van der Waals surface area (Å²) < 4.78 is 47.8. The zero-order valence-corrected chi connectivity index (χ0v) is 50.9. The van der Waals surface area contributed by atoms with E-state index in [1.807, 2.05) is 6.08 Å². The van der Waals surface area contributed by atoms with Gasteiger partial charge in [0.15, 0.2) is 6.29 Å². The second-order valence-corrected chi connectivity index (χ2v) is 24.5. The molecular weight excluding hydrogens is 991 g/mol. The van der Waals surface area contributed by atoms with Crippen molar-refractivity contribution in [2.45, 2.75) is 378 Å². The van der Waals surface area contributed by atoms with Gasteiger partial charge in [-0.3, -0.25) is 9.35 Å². The van der Waals surface area contributed by atoms with Crippen LogP contribution in [0.25, 0.3) is 0 Å². The first-order valence-electron chi connectivity index (χ1n) is 33.1. The van der Waals surface area contributed by atoms with E-state index in [0.717, 1.165) is 38.5 Å². The van der Waals surface area contributed by atoms with E-state index in [-0.39, 0.29) is 18.9 Å². The third-order valence-electron chi connectivity index (χ3n) is 16.1. The molecule has 1 heterocycles. The van der Waals surface area contributed by atoms with Crippen LogP contribution in [-0.2, 0) is 28.9 Å². The zero-order valence-electron chi connectivity index (χ0n) is 50.1. The average Bonchev–Trinajstić information content (AvgIpc) is 3.41. The quantitative estimate of drug-likeness (QED) is 0.0193. The van der Waals surface area contributed by atoms with Crippen molar-refractivity contribution in [3.63, 3.8) is 0 Å². The molecule has 1 saturated heterocycles. The summed E-state index contributed by atoms with van der Waals surface area (Å²) in [5, 5.41) is 44.9. The molecule has 0 saturated carbocycles. The Hall–Kier alpha value is -1.16. The Labute approximate surface area is 474 Å². The van der Waals surface area contributed by atoms with Crippen molar-refractivity contribution in [2.75, 3.05) is 13.2 Å². The van der Waals surface area contributed by atoms with Crippen LogP contribution in [0.5, 0.6) is 0 Å². The van der Waals surface area contributed by atoms with Gasteiger partial charge >= 0.3 is 10.4 Å². The third-order valence-corrected chi connectivity index (χ3v) is 16.5. The van der Waals surface area contributed by atoms with Crippen LogP contribution in [0, 0.1) is 0 Å². The fourth-order valence-corrected chi connectivity index (χ4v) is 11.5. The minimum absolute atomic E-state index is 0.255. The van der Waals surface area contributed by atoms with E-state index in [4.69, 9.17) is 9.47 Å². The normalized spacial score (nSPS) is 18.9. The van der Waals surface area contributed by atoms with Crippen molar-refractivity contribution in [1.29, 1.82) is 0 Å². The fraction of sp³-hybridized carbons (Fsp3) is 0.953. The van der Waals surface area contributed by atoms with Crippen LogP contribution in [0.1, 0.15) is 335 Å². The molecule has 12 nitrogen and oxygen atoms in total. The molecule has 0 aromatic heterocycles. The Balaban J connectivity index is 2.13. The lowest BCUT2D eigenvalue weighted by molar-refractivity contribution is -0.298. The van der Waals surface area contributed by atoms with E-state index in [0.29, 0.717) is 6.42 Å². The molecule has 0 radical (unpaired) electrons. The summed E-state index contributed by atoms with van der Waals surface area (Å²) in [5.41, 5.74) is 0. The van der Waals surface area contributed by atoms with Crippen LogP contribution in [0.4, 0.5) is 0 Å². The lowest BCUT2D eigenvalue weighted by Crippen LogP contribution is -2.61. The second kappa shape index (κ2) is 54.1. The standard InChI is InChI=1S/C64H125NO11S/c1-3-5-7-9-11-13-15-17-18-19-20-21-22-23-24-25-26-27-28-29-30-31-32-33-34-35-36-37-38-39-40-42-44-46-48-50-52-54-60(68)65-57(58(67)53-51-49-47-45-43-41-16-14-12-10-8-6-4-2)56-74-64-62(70)63(76-77(71,72)73)61(69)59(55-66)75-64/h51,53,57-59,61-64,66-67,69-70H,3-50,52,54-56H2,1-2H3,(H,65,68)(H,71,72,73)/b53-51+. The number of aliphatic hydroxyl groups excluding tert-OH is 4. The summed E-state index contributed by atoms with van der Waals surface area (Å²) in [5.74, 6) is -0.255. The highest BCUT2D eigenvalue weighted by atomic mass is 32.3. The van der Waals surface area contributed by atoms with E-state index < -0.39 is 59.9 Å². The summed E-state index contributed by atoms with van der Waals surface area (Å²) in [7, 11) is -5.09. The molecule has 0 aromatic rings. The Kier molecular flexibility index (Phi) is 51.9. The predicted molar refractivity (Wildman–Crippen MR) is 319 cm³/mol. The number of unbranched alkanes of at least 4 members (excludes halogenated alkanes) is 47. The number of aliphatic hydroxyl groups is 4. The van der Waals surface area contributed by atoms with Gasteiger partial charge in [0.2, 0.25) is 5.91 Å². The number of carbonyl (C=O) groups is 1. The summed E-state index contributed by atoms with van der Waals surface area (Å²) in [6.07, 6.45) is 58.9. The van der Waals surface area contributed by atoms with Crippen molar-refractivity contribution in [3.05, 3.63) is 12.2 Å². The summed E-state index contributed by atoms with van der Waals surface area (Å²) >= 11 is 0. The number of nitrogens with one attached hydrogen (secondary N) is 1. The number of hydrogen-bond donors (Lipinski definition) is 6. The first-order chi connectivity index (χ1) is 37.5. The summed E-state index contributed by atoms with van der Waals surface area (Å²) in [6, 6.07) is -0.940. The molecule has 13 heteroatoms. The molecule has 7 unspecified atom stereocenters. The van der Waals surface area contributed by atoms with E-state index in [9.17, 15) is 38.2 Å². The van der Waals surface area contributed by atoms with Gasteiger partial charge in [0.05, 0.1) is 25.4 Å². The maximum atomic E-state index is 13.1. The molecule has 1 rings (SSSR count). The highest BCUT2D eigenvalue weighted by Gasteiger charge is 2.48. The van der Waals surface area contributed by atoms with Gasteiger partial charge in [-0.25, -0.2) is 4.18 Å². The van der Waals surface area contributed by atoms with Crippen molar-refractivity contribution in [2.24, 2.45) is 0 Å². The molecule has 1 aliphatic heterocycles. The highest BCUT2D eigenvalue weighted by molar-refractivity contribution is 7.80. The second-order valence-electron chi connectivity index (χ2n) is 23.4. The molecule has 0 bridgehead atoms. The highest BCUT2D eigenvalue weighted by Crippen LogP contribution is 2.26. The Bertz CT molecular complexity index is 1400. The molecule has 7 atom stereocenters. The van der Waals surface area contributed by atoms with Gasteiger partial charge in [0.25, 0.3) is 0 Å². The molecular formula is C64H125NO11S. The topological polar surface area (TPSA) is 192 Å². The molecule has 77 heavy (non-hydrogen) atoms. The van der Waals surface area contributed by atoms with Gasteiger partial charge < -0.3 is 35.2 Å². The Morgan fingerprint density at radius 1 is 0.506 bits per heavy atom. The molecule has 0 spiro atoms. The predicted octanol–water partition coefficient (Wildman–Crippen LogP) is 16.6. The Morgan fingerprint density at radius 2 is 0.818 bits per heavy atom. The molecule has 0 aliphatic carbocycles. The number of allylic oxidation sites excluding steroid dienone is 1. The Morgan fingerprint density at radius 3 is 1.13 bits per heavy atom. The maximum Gasteiger partial charge on any atom is 0.397 e. The number of hydrogen-bond acceptors (Lipinski definition) is 10. The average molecular weight is 1120 g/mol. The van der Waals surface area contributed by atoms with E-state index in [2.05, 4.69) is 23.3 Å². The van der Waals surface area contributed by atoms with Gasteiger partial charge in [-0.15, -0.1) is 0 Å². The zero-order chi connectivity index (χ0) is 56.1. The fourth-order valence-electron chi connectivity index (χ4n) is 11.0. The van der Waals surface area contributed by atoms with Crippen LogP contribution in [-0.4, -0.2) is 95.4 Å². The van der Waals surface area contributed by atoms with Crippen molar-refractivity contribution in [1.82, 2.24) is 5.32 Å². The SMILES string of the molecule is CCCCCCCCCCCCC/C=C/C(O)C(COC1OC(CO)C(O)C(OS(=O)(=O)O)C1O)NC(=O)CCCCCCCCCCCCCCCCCCCCCCCCCCCCCCCCCCCCCCC. The smallest absolute Gasteiger partial charge is 0.394 e. The molecule has 1 fully saturated rings. The molecule has 6 N–H and O–H groups in total. The number of carbonyl (C=O) groups excluding carboxylic acids is 1. The van der Waals surface area contributed by atoms with Crippen LogP contribution in [0.15, 0.2) is 12.2 Å². The van der Waals surface area contributed by atoms with Crippen LogP contribution in [0.3, 0.4) is 0 Å². The van der Waals surface area contributed by atoms with Gasteiger partial charge in [-0.1, -0.05) is 321 Å². The van der Waals surface area contributed by atoms with E-state index >= 15 is 0 Å².